The van der Waals surface area contributed by atoms with Crippen molar-refractivity contribution in [1.82, 2.24) is 19.3 Å². The number of imidazole rings is 1. The molecule has 0 spiro atoms. The molecule has 3 aromatic rings. The van der Waals surface area contributed by atoms with Gasteiger partial charge in [0.1, 0.15) is 5.65 Å². The summed E-state index contributed by atoms with van der Waals surface area (Å²) in [5.41, 5.74) is 4.85. The van der Waals surface area contributed by atoms with Crippen LogP contribution in [0.4, 0.5) is 0 Å². The van der Waals surface area contributed by atoms with Crippen LogP contribution in [0.1, 0.15) is 75.3 Å². The molecule has 5 rings (SSSR count). The van der Waals surface area contributed by atoms with Gasteiger partial charge >= 0.3 is 6.01 Å². The fourth-order valence-corrected chi connectivity index (χ4v) is 5.98. The van der Waals surface area contributed by atoms with E-state index < -0.39 is 0 Å². The molecule has 1 aromatic carbocycles. The maximum Gasteiger partial charge on any atom is 0.302 e. The first kappa shape index (κ1) is 23.8. The van der Waals surface area contributed by atoms with E-state index in [0.717, 1.165) is 48.8 Å². The number of hydrogen-bond acceptors (Lipinski definition) is 5. The molecule has 184 valence electrons. The number of nitriles is 1. The second-order valence-electron chi connectivity index (χ2n) is 10.7. The summed E-state index contributed by atoms with van der Waals surface area (Å²) in [6.45, 7) is 5.28. The van der Waals surface area contributed by atoms with Crippen LogP contribution < -0.4 is 4.74 Å². The highest BCUT2D eigenvalue weighted by Gasteiger charge is 2.26. The maximum absolute atomic E-state index is 9.30. The van der Waals surface area contributed by atoms with E-state index in [1.165, 1.54) is 44.1 Å². The summed E-state index contributed by atoms with van der Waals surface area (Å²) in [6, 6.07) is 10.7. The molecule has 1 saturated heterocycles. The molecular weight excluding hydrogens is 434 g/mol. The summed E-state index contributed by atoms with van der Waals surface area (Å²) >= 11 is 0. The van der Waals surface area contributed by atoms with Crippen molar-refractivity contribution in [2.75, 3.05) is 26.7 Å². The highest BCUT2D eigenvalue weighted by atomic mass is 16.5. The molecule has 1 atom stereocenters. The minimum Gasteiger partial charge on any atom is -0.464 e. The molecule has 0 radical (unpaired) electrons. The Balaban J connectivity index is 1.54. The first-order valence-electron chi connectivity index (χ1n) is 13.3. The molecule has 1 aliphatic carbocycles. The number of benzene rings is 1. The first-order chi connectivity index (χ1) is 17.1. The number of rotatable bonds is 5. The Morgan fingerprint density at radius 3 is 2.54 bits per heavy atom. The minimum atomic E-state index is 0.423. The smallest absolute Gasteiger partial charge is 0.302 e. The van der Waals surface area contributed by atoms with Crippen LogP contribution in [0.3, 0.4) is 0 Å². The Kier molecular flexibility index (Phi) is 7.34. The normalized spacial score (nSPS) is 24.0. The third-order valence-corrected chi connectivity index (χ3v) is 7.92. The van der Waals surface area contributed by atoms with Crippen molar-refractivity contribution in [3.63, 3.8) is 0 Å². The number of piperidine rings is 1. The number of nitrogens with zero attached hydrogens (tertiary/aromatic N) is 5. The molecule has 6 heteroatoms. The molecule has 1 unspecified atom stereocenters. The summed E-state index contributed by atoms with van der Waals surface area (Å²) in [4.78, 5) is 12.4. The van der Waals surface area contributed by atoms with Gasteiger partial charge in [-0.05, 0) is 63.2 Å². The Hall–Kier alpha value is -2.91. The van der Waals surface area contributed by atoms with E-state index in [-0.39, 0.29) is 0 Å². The molecule has 1 saturated carbocycles. The van der Waals surface area contributed by atoms with Crippen LogP contribution in [-0.4, -0.2) is 46.0 Å². The second kappa shape index (κ2) is 10.8. The zero-order valence-electron chi connectivity index (χ0n) is 21.1. The van der Waals surface area contributed by atoms with E-state index in [4.69, 9.17) is 14.7 Å². The fraction of sp³-hybridized carbons (Fsp3) is 0.552. The zero-order valence-corrected chi connectivity index (χ0v) is 21.1. The Morgan fingerprint density at radius 2 is 1.83 bits per heavy atom. The molecule has 2 aliphatic rings. The van der Waals surface area contributed by atoms with Crippen molar-refractivity contribution >= 4 is 5.65 Å². The number of fused-ring (bicyclic) bond motifs is 1. The van der Waals surface area contributed by atoms with Gasteiger partial charge in [-0.3, -0.25) is 4.40 Å². The second-order valence-corrected chi connectivity index (χ2v) is 10.7. The van der Waals surface area contributed by atoms with Crippen LogP contribution >= 0.6 is 0 Å². The van der Waals surface area contributed by atoms with Crippen LogP contribution in [0.5, 0.6) is 6.01 Å². The highest BCUT2D eigenvalue weighted by molar-refractivity contribution is 5.72. The lowest BCUT2D eigenvalue weighted by atomic mass is 9.82. The van der Waals surface area contributed by atoms with Crippen LogP contribution in [-0.2, 0) is 0 Å². The average molecular weight is 472 g/mol. The van der Waals surface area contributed by atoms with Crippen LogP contribution in [0, 0.1) is 23.2 Å². The summed E-state index contributed by atoms with van der Waals surface area (Å²) in [5, 5.41) is 9.30. The van der Waals surface area contributed by atoms with Crippen molar-refractivity contribution in [2.45, 2.75) is 64.2 Å². The predicted octanol–water partition coefficient (Wildman–Crippen LogP) is 6.06. The van der Waals surface area contributed by atoms with E-state index in [9.17, 15) is 5.26 Å². The van der Waals surface area contributed by atoms with Crippen molar-refractivity contribution in [3.8, 4) is 23.3 Å². The van der Waals surface area contributed by atoms with Gasteiger partial charge in [-0.15, -0.1) is 0 Å². The van der Waals surface area contributed by atoms with Gasteiger partial charge in [-0.2, -0.15) is 10.2 Å². The molecule has 3 heterocycles. The van der Waals surface area contributed by atoms with Crippen molar-refractivity contribution in [1.29, 1.82) is 5.26 Å². The quantitative estimate of drug-likeness (QED) is 0.452. The van der Waals surface area contributed by atoms with Crippen molar-refractivity contribution in [3.05, 3.63) is 47.8 Å². The van der Waals surface area contributed by atoms with Crippen LogP contribution in [0.25, 0.3) is 16.9 Å². The molecule has 1 aliphatic heterocycles. The van der Waals surface area contributed by atoms with E-state index in [1.807, 2.05) is 36.7 Å². The van der Waals surface area contributed by atoms with Crippen molar-refractivity contribution in [2.24, 2.45) is 11.8 Å². The third-order valence-electron chi connectivity index (χ3n) is 7.92. The number of likely N-dealkylation sites (tertiary alicyclic amines) is 1. The standard InChI is InChI=1S/C29H37N5O/c1-21-6-3-9-24(10-4-7-21)26-27(25-13-11-22(18-30)12-14-25)32-29(34-17-15-31-28(26)34)35-20-23-8-5-16-33(2)19-23/h11-15,17,21,23-24H,3-10,16,19-20H2,1-2H3. The lowest BCUT2D eigenvalue weighted by Gasteiger charge is -2.29. The number of aromatic nitrogens is 3. The molecule has 35 heavy (non-hydrogen) atoms. The third kappa shape index (κ3) is 5.36. The van der Waals surface area contributed by atoms with Gasteiger partial charge in [0.2, 0.25) is 0 Å². The molecule has 2 fully saturated rings. The topological polar surface area (TPSA) is 66.5 Å². The molecule has 0 amide bonds. The molecular formula is C29H37N5O. The van der Waals surface area contributed by atoms with Gasteiger partial charge in [-0.25, -0.2) is 4.98 Å². The van der Waals surface area contributed by atoms with Gasteiger partial charge < -0.3 is 9.64 Å². The summed E-state index contributed by atoms with van der Waals surface area (Å²) < 4.78 is 8.46. The van der Waals surface area contributed by atoms with E-state index in [2.05, 4.69) is 29.3 Å². The zero-order chi connectivity index (χ0) is 24.2. The summed E-state index contributed by atoms with van der Waals surface area (Å²) in [6.07, 6.45) is 13.6. The summed E-state index contributed by atoms with van der Waals surface area (Å²) in [5.74, 6) is 1.75. The van der Waals surface area contributed by atoms with E-state index in [1.54, 1.807) is 0 Å². The Morgan fingerprint density at radius 1 is 1.06 bits per heavy atom. The summed E-state index contributed by atoms with van der Waals surface area (Å²) in [7, 11) is 2.19. The molecule has 0 N–H and O–H groups in total. The van der Waals surface area contributed by atoms with Gasteiger partial charge in [0.25, 0.3) is 0 Å². The van der Waals surface area contributed by atoms with Gasteiger partial charge in [-0.1, -0.05) is 44.7 Å². The highest BCUT2D eigenvalue weighted by Crippen LogP contribution is 2.40. The Bertz CT molecular complexity index is 1170. The monoisotopic (exact) mass is 471 g/mol. The van der Waals surface area contributed by atoms with Gasteiger partial charge in [0.05, 0.1) is 23.9 Å². The predicted molar refractivity (Wildman–Crippen MR) is 138 cm³/mol. The Labute approximate surface area is 209 Å². The molecule has 6 nitrogen and oxygen atoms in total. The lowest BCUT2D eigenvalue weighted by Crippen LogP contribution is -2.35. The van der Waals surface area contributed by atoms with Crippen LogP contribution in [0.2, 0.25) is 0 Å². The SMILES string of the molecule is CC1CCCC(c2c(-c3ccc(C#N)cc3)nc(OCC3CCCN(C)C3)n3ccnc23)CCC1. The average Bonchev–Trinajstić information content (AvgIpc) is 3.35. The largest absolute Gasteiger partial charge is 0.464 e. The fourth-order valence-electron chi connectivity index (χ4n) is 5.98. The maximum atomic E-state index is 9.30. The van der Waals surface area contributed by atoms with E-state index >= 15 is 0 Å². The van der Waals surface area contributed by atoms with Gasteiger partial charge in [0, 0.05) is 36.0 Å². The molecule has 2 aromatic heterocycles. The van der Waals surface area contributed by atoms with Crippen LogP contribution in [0.15, 0.2) is 36.7 Å². The molecule has 0 bridgehead atoms. The minimum absolute atomic E-state index is 0.423. The van der Waals surface area contributed by atoms with E-state index in [0.29, 0.717) is 30.0 Å². The first-order valence-corrected chi connectivity index (χ1v) is 13.3. The van der Waals surface area contributed by atoms with Gasteiger partial charge in [0.15, 0.2) is 0 Å². The lowest BCUT2D eigenvalue weighted by molar-refractivity contribution is 0.143. The number of hydrogen-bond donors (Lipinski definition) is 0. The van der Waals surface area contributed by atoms with Crippen molar-refractivity contribution < 1.29 is 4.74 Å². The number of ether oxygens (including phenoxy) is 1.